The van der Waals surface area contributed by atoms with E-state index in [2.05, 4.69) is 4.98 Å². The lowest BCUT2D eigenvalue weighted by molar-refractivity contribution is 0.0591. The summed E-state index contributed by atoms with van der Waals surface area (Å²) in [5.41, 5.74) is 8.04. The fourth-order valence-corrected chi connectivity index (χ4v) is 4.99. The van der Waals surface area contributed by atoms with Crippen LogP contribution in [0.5, 0.6) is 28.7 Å². The van der Waals surface area contributed by atoms with Crippen LogP contribution < -0.4 is 35.0 Å². The van der Waals surface area contributed by atoms with Crippen LogP contribution in [0.4, 0.5) is 5.69 Å². The van der Waals surface area contributed by atoms with Gasteiger partial charge in [0.25, 0.3) is 5.56 Å². The fraction of sp³-hybridized carbons (Fsp3) is 0.182. The standard InChI is InChI=1S/C33H31N3O8/c1-39-25-17-24-23(16-26(25)44-18-19-10-12-35-13-11-19)29(20-14-27(40-2)31(42-4)28(15-20)41-3)30(33(38)43-5)36(32(24)37)22-8-6-21(34)7-9-22/h6-17H,18,34H2,1-5H3. The minimum atomic E-state index is -0.750. The molecular weight excluding hydrogens is 566 g/mol. The molecule has 0 saturated carbocycles. The van der Waals surface area contributed by atoms with E-state index in [1.165, 1.54) is 40.1 Å². The number of carbonyl (C=O) groups is 1. The van der Waals surface area contributed by atoms with Gasteiger partial charge >= 0.3 is 5.97 Å². The predicted octanol–water partition coefficient (Wildman–Crippen LogP) is 5.03. The van der Waals surface area contributed by atoms with Crippen LogP contribution in [0.25, 0.3) is 27.6 Å². The number of benzene rings is 3. The number of fused-ring (bicyclic) bond motifs is 1. The molecule has 11 heteroatoms. The maximum Gasteiger partial charge on any atom is 0.355 e. The molecule has 0 amide bonds. The minimum absolute atomic E-state index is 0.0331. The van der Waals surface area contributed by atoms with Gasteiger partial charge in [0.05, 0.1) is 40.9 Å². The van der Waals surface area contributed by atoms with Crippen LogP contribution in [0, 0.1) is 0 Å². The number of nitrogens with zero attached hydrogens (tertiary/aromatic N) is 2. The molecule has 0 aliphatic rings. The Morgan fingerprint density at radius 3 is 1.95 bits per heavy atom. The van der Waals surface area contributed by atoms with Crippen molar-refractivity contribution in [1.29, 1.82) is 0 Å². The molecule has 0 aliphatic heterocycles. The summed E-state index contributed by atoms with van der Waals surface area (Å²) in [5.74, 6) is 0.981. The Kier molecular flexibility index (Phi) is 8.56. The number of esters is 1. The predicted molar refractivity (Wildman–Crippen MR) is 166 cm³/mol. The molecule has 11 nitrogen and oxygen atoms in total. The van der Waals surface area contributed by atoms with E-state index < -0.39 is 11.5 Å². The van der Waals surface area contributed by atoms with Crippen molar-refractivity contribution in [3.05, 3.63) is 94.7 Å². The average molecular weight is 598 g/mol. The SMILES string of the molecule is COC(=O)c1c(-c2cc(OC)c(OC)c(OC)c2)c2cc(OCc3ccncc3)c(OC)cc2c(=O)n1-c1ccc(N)cc1. The number of anilines is 1. The second-order valence-electron chi connectivity index (χ2n) is 9.55. The van der Waals surface area contributed by atoms with E-state index in [1.807, 2.05) is 12.1 Å². The Morgan fingerprint density at radius 1 is 0.773 bits per heavy atom. The number of pyridine rings is 2. The van der Waals surface area contributed by atoms with Gasteiger partial charge in [0.15, 0.2) is 23.0 Å². The van der Waals surface area contributed by atoms with Gasteiger partial charge in [-0.1, -0.05) is 0 Å². The third-order valence-electron chi connectivity index (χ3n) is 7.09. The number of nitrogens with two attached hydrogens (primary N) is 1. The van der Waals surface area contributed by atoms with Crippen LogP contribution in [0.2, 0.25) is 0 Å². The molecule has 5 rings (SSSR count). The third-order valence-corrected chi connectivity index (χ3v) is 7.09. The summed E-state index contributed by atoms with van der Waals surface area (Å²) in [6.07, 6.45) is 3.34. The second kappa shape index (κ2) is 12.7. The number of ether oxygens (including phenoxy) is 6. The first kappa shape index (κ1) is 29.8. The van der Waals surface area contributed by atoms with Crippen LogP contribution in [0.15, 0.2) is 77.9 Å². The Bertz CT molecular complexity index is 1860. The molecule has 44 heavy (non-hydrogen) atoms. The van der Waals surface area contributed by atoms with Gasteiger partial charge in [0.2, 0.25) is 5.75 Å². The highest BCUT2D eigenvalue weighted by atomic mass is 16.5. The number of hydrogen-bond acceptors (Lipinski definition) is 10. The zero-order valence-corrected chi connectivity index (χ0v) is 24.9. The van der Waals surface area contributed by atoms with Crippen LogP contribution in [-0.2, 0) is 11.3 Å². The van der Waals surface area contributed by atoms with Crippen molar-refractivity contribution >= 4 is 22.4 Å². The van der Waals surface area contributed by atoms with E-state index in [1.54, 1.807) is 60.9 Å². The summed E-state index contributed by atoms with van der Waals surface area (Å²) in [7, 11) is 7.22. The van der Waals surface area contributed by atoms with E-state index in [9.17, 15) is 9.59 Å². The molecule has 2 aromatic heterocycles. The molecule has 0 fully saturated rings. The van der Waals surface area contributed by atoms with Gasteiger partial charge in [-0.15, -0.1) is 0 Å². The molecule has 0 aliphatic carbocycles. The Hall–Kier alpha value is -5.71. The number of rotatable bonds is 10. The lowest BCUT2D eigenvalue weighted by Crippen LogP contribution is -2.27. The Labute approximate surface area is 253 Å². The number of methoxy groups -OCH3 is 5. The summed E-state index contributed by atoms with van der Waals surface area (Å²) < 4.78 is 35.2. The molecule has 0 unspecified atom stereocenters. The van der Waals surface area contributed by atoms with Crippen molar-refractivity contribution in [3.8, 4) is 45.6 Å². The van der Waals surface area contributed by atoms with Crippen LogP contribution in [0.1, 0.15) is 16.1 Å². The highest BCUT2D eigenvalue weighted by Gasteiger charge is 2.28. The van der Waals surface area contributed by atoms with Gasteiger partial charge in [-0.05, 0) is 71.8 Å². The highest BCUT2D eigenvalue weighted by Crippen LogP contribution is 2.45. The van der Waals surface area contributed by atoms with Crippen LogP contribution >= 0.6 is 0 Å². The molecule has 0 atom stereocenters. The zero-order valence-electron chi connectivity index (χ0n) is 24.9. The maximum atomic E-state index is 14.3. The molecule has 0 spiro atoms. The van der Waals surface area contributed by atoms with Crippen molar-refractivity contribution in [2.24, 2.45) is 0 Å². The smallest absolute Gasteiger partial charge is 0.355 e. The van der Waals surface area contributed by atoms with Gasteiger partial charge in [-0.25, -0.2) is 4.79 Å². The van der Waals surface area contributed by atoms with Gasteiger partial charge in [0, 0.05) is 34.7 Å². The fourth-order valence-electron chi connectivity index (χ4n) is 4.99. The molecule has 3 aromatic carbocycles. The van der Waals surface area contributed by atoms with Crippen LogP contribution in [0.3, 0.4) is 0 Å². The van der Waals surface area contributed by atoms with Crippen molar-refractivity contribution < 1.29 is 33.2 Å². The van der Waals surface area contributed by atoms with Crippen molar-refractivity contribution in [3.63, 3.8) is 0 Å². The molecular formula is C33H31N3O8. The van der Waals surface area contributed by atoms with Gasteiger partial charge in [-0.2, -0.15) is 0 Å². The monoisotopic (exact) mass is 597 g/mol. The Balaban J connectivity index is 1.92. The maximum absolute atomic E-state index is 14.3. The molecule has 5 aromatic rings. The number of carbonyl (C=O) groups excluding carboxylic acids is 1. The number of nitrogen functional groups attached to an aromatic ring is 1. The highest BCUT2D eigenvalue weighted by molar-refractivity contribution is 6.08. The molecule has 226 valence electrons. The first-order chi connectivity index (χ1) is 21.3. The van der Waals surface area contributed by atoms with Gasteiger partial charge in [-0.3, -0.25) is 14.3 Å². The minimum Gasteiger partial charge on any atom is -0.493 e. The summed E-state index contributed by atoms with van der Waals surface area (Å²) >= 11 is 0. The molecule has 0 radical (unpaired) electrons. The van der Waals surface area contributed by atoms with E-state index in [0.717, 1.165) is 5.56 Å². The summed E-state index contributed by atoms with van der Waals surface area (Å²) in [6.45, 7) is 0.205. The van der Waals surface area contributed by atoms with Crippen molar-refractivity contribution in [2.45, 2.75) is 6.61 Å². The first-order valence-corrected chi connectivity index (χ1v) is 13.4. The third kappa shape index (κ3) is 5.42. The topological polar surface area (TPSA) is 133 Å². The van der Waals surface area contributed by atoms with Crippen molar-refractivity contribution in [1.82, 2.24) is 9.55 Å². The lowest BCUT2D eigenvalue weighted by atomic mass is 9.95. The van der Waals surface area contributed by atoms with Crippen LogP contribution in [-0.4, -0.2) is 51.1 Å². The largest absolute Gasteiger partial charge is 0.493 e. The van der Waals surface area contributed by atoms with Gasteiger partial charge < -0.3 is 34.2 Å². The summed E-state index contributed by atoms with van der Waals surface area (Å²) in [6, 6.07) is 16.9. The molecule has 2 N–H and O–H groups in total. The second-order valence-corrected chi connectivity index (χ2v) is 9.55. The Morgan fingerprint density at radius 2 is 1.39 bits per heavy atom. The van der Waals surface area contributed by atoms with Crippen molar-refractivity contribution in [2.75, 3.05) is 41.3 Å². The molecule has 2 heterocycles. The summed E-state index contributed by atoms with van der Waals surface area (Å²) in [5, 5.41) is 0.660. The average Bonchev–Trinajstić information content (AvgIpc) is 3.06. The van der Waals surface area contributed by atoms with E-state index in [-0.39, 0.29) is 17.7 Å². The lowest BCUT2D eigenvalue weighted by Gasteiger charge is -2.21. The number of hydrogen-bond donors (Lipinski definition) is 1. The number of aromatic nitrogens is 2. The normalized spacial score (nSPS) is 10.8. The van der Waals surface area contributed by atoms with E-state index >= 15 is 0 Å². The molecule has 0 bridgehead atoms. The van der Waals surface area contributed by atoms with E-state index in [4.69, 9.17) is 34.2 Å². The summed E-state index contributed by atoms with van der Waals surface area (Å²) in [4.78, 5) is 32.0. The first-order valence-electron chi connectivity index (χ1n) is 13.4. The van der Waals surface area contributed by atoms with E-state index in [0.29, 0.717) is 56.6 Å². The molecule has 0 saturated heterocycles. The van der Waals surface area contributed by atoms with Gasteiger partial charge in [0.1, 0.15) is 12.3 Å². The zero-order chi connectivity index (χ0) is 31.4. The quantitative estimate of drug-likeness (QED) is 0.173.